The summed E-state index contributed by atoms with van der Waals surface area (Å²) in [4.78, 5) is 23.9. The van der Waals surface area contributed by atoms with E-state index in [9.17, 15) is 28.1 Å². The number of carbonyl (C=O) groups excluding carboxylic acids is 1. The molecule has 3 aromatic rings. The molecule has 0 radical (unpaired) electrons. The second-order valence-corrected chi connectivity index (χ2v) is 6.72. The summed E-state index contributed by atoms with van der Waals surface area (Å²) in [6, 6.07) is 15.2. The maximum Gasteiger partial charge on any atom is 0.406 e. The van der Waals surface area contributed by atoms with Crippen molar-refractivity contribution in [1.82, 2.24) is 9.47 Å². The Labute approximate surface area is 168 Å². The summed E-state index contributed by atoms with van der Waals surface area (Å²) in [6.07, 6.45) is -4.05. The van der Waals surface area contributed by atoms with Crippen LogP contribution in [-0.2, 0) is 0 Å². The Hall–Kier alpha value is -3.82. The van der Waals surface area contributed by atoms with Crippen LogP contribution < -0.4 is 5.32 Å². The van der Waals surface area contributed by atoms with E-state index >= 15 is 0 Å². The molecule has 1 aliphatic heterocycles. The molecule has 0 spiro atoms. The average Bonchev–Trinajstić information content (AvgIpc) is 3.19. The lowest BCUT2D eigenvalue weighted by molar-refractivity contribution is -0.384. The van der Waals surface area contributed by atoms with Crippen molar-refractivity contribution in [3.63, 3.8) is 0 Å². The lowest BCUT2D eigenvalue weighted by Gasteiger charge is -2.38. The summed E-state index contributed by atoms with van der Waals surface area (Å²) < 4.78 is 41.4. The number of nitrogens with zero attached hydrogens (tertiary/aromatic N) is 3. The summed E-state index contributed by atoms with van der Waals surface area (Å²) in [5, 5.41) is 13.9. The van der Waals surface area contributed by atoms with Crippen LogP contribution in [0.4, 0.5) is 24.5 Å². The van der Waals surface area contributed by atoms with Crippen molar-refractivity contribution in [3.05, 3.63) is 88.2 Å². The van der Waals surface area contributed by atoms with Gasteiger partial charge in [0.05, 0.1) is 16.2 Å². The SMILES string of the molecule is O=C1c2ccccc2NC(c2cccn2-c2ccc([N+](=O)[O-])cc2)N1CC(F)(F)F. The first-order chi connectivity index (χ1) is 14.2. The Morgan fingerprint density at radius 3 is 2.40 bits per heavy atom. The average molecular weight is 416 g/mol. The number of non-ortho nitro benzene ring substituents is 1. The number of amides is 1. The molecule has 1 N–H and O–H groups in total. The van der Waals surface area contributed by atoms with Gasteiger partial charge in [0.2, 0.25) is 0 Å². The summed E-state index contributed by atoms with van der Waals surface area (Å²) in [6.45, 7) is -1.43. The van der Waals surface area contributed by atoms with Gasteiger partial charge in [0.25, 0.3) is 11.6 Å². The van der Waals surface area contributed by atoms with E-state index in [1.807, 2.05) is 0 Å². The first-order valence-electron chi connectivity index (χ1n) is 8.90. The second kappa shape index (κ2) is 7.21. The van der Waals surface area contributed by atoms with Gasteiger partial charge >= 0.3 is 6.18 Å². The number of benzene rings is 2. The highest BCUT2D eigenvalue weighted by Crippen LogP contribution is 2.36. The topological polar surface area (TPSA) is 80.4 Å². The van der Waals surface area contributed by atoms with E-state index < -0.39 is 29.7 Å². The predicted molar refractivity (Wildman–Crippen MR) is 102 cm³/mol. The highest BCUT2D eigenvalue weighted by atomic mass is 19.4. The van der Waals surface area contributed by atoms with Gasteiger partial charge in [0.15, 0.2) is 0 Å². The maximum atomic E-state index is 13.3. The van der Waals surface area contributed by atoms with Crippen molar-refractivity contribution >= 4 is 17.3 Å². The molecule has 0 saturated carbocycles. The standard InChI is InChI=1S/C20H15F3N4O3/c21-20(22,23)12-26-18(24-16-5-2-1-4-15(16)19(26)28)17-6-3-11-25(17)13-7-9-14(10-8-13)27(29)30/h1-11,18,24H,12H2. The Kier molecular flexibility index (Phi) is 4.69. The summed E-state index contributed by atoms with van der Waals surface area (Å²) in [5.74, 6) is -0.733. The molecule has 1 atom stereocenters. The van der Waals surface area contributed by atoms with Gasteiger partial charge in [0, 0.05) is 29.7 Å². The predicted octanol–water partition coefficient (Wildman–Crippen LogP) is 4.51. The number of fused-ring (bicyclic) bond motifs is 1. The molecule has 2 heterocycles. The van der Waals surface area contributed by atoms with Gasteiger partial charge in [-0.3, -0.25) is 14.9 Å². The van der Waals surface area contributed by atoms with E-state index in [0.29, 0.717) is 17.1 Å². The molecule has 7 nitrogen and oxygen atoms in total. The van der Waals surface area contributed by atoms with Crippen molar-refractivity contribution in [1.29, 1.82) is 0 Å². The van der Waals surface area contributed by atoms with Crippen molar-refractivity contribution in [2.75, 3.05) is 11.9 Å². The van der Waals surface area contributed by atoms with Crippen molar-refractivity contribution in [3.8, 4) is 5.69 Å². The van der Waals surface area contributed by atoms with Crippen LogP contribution in [0.25, 0.3) is 5.69 Å². The van der Waals surface area contributed by atoms with Crippen LogP contribution in [0.3, 0.4) is 0 Å². The Balaban J connectivity index is 1.77. The van der Waals surface area contributed by atoms with Gasteiger partial charge < -0.3 is 14.8 Å². The minimum atomic E-state index is -4.59. The smallest absolute Gasteiger partial charge is 0.360 e. The van der Waals surface area contributed by atoms with E-state index in [2.05, 4.69) is 5.32 Å². The summed E-state index contributed by atoms with van der Waals surface area (Å²) >= 11 is 0. The number of rotatable bonds is 4. The van der Waals surface area contributed by atoms with Crippen LogP contribution in [0.2, 0.25) is 0 Å². The Bertz CT molecular complexity index is 1110. The fourth-order valence-corrected chi connectivity index (χ4v) is 3.47. The number of nitrogens with one attached hydrogen (secondary N) is 1. The van der Waals surface area contributed by atoms with Gasteiger partial charge in [0.1, 0.15) is 12.7 Å². The van der Waals surface area contributed by atoms with Crippen LogP contribution in [-0.4, -0.2) is 33.0 Å². The number of hydrogen-bond donors (Lipinski definition) is 1. The molecule has 0 fully saturated rings. The van der Waals surface area contributed by atoms with Gasteiger partial charge in [-0.05, 0) is 36.4 Å². The van der Waals surface area contributed by atoms with Gasteiger partial charge in [-0.25, -0.2) is 0 Å². The van der Waals surface area contributed by atoms with Crippen LogP contribution >= 0.6 is 0 Å². The third-order valence-corrected chi connectivity index (χ3v) is 4.77. The fourth-order valence-electron chi connectivity index (χ4n) is 3.47. The number of nitro groups is 1. The van der Waals surface area contributed by atoms with E-state index in [0.717, 1.165) is 4.90 Å². The molecule has 30 heavy (non-hydrogen) atoms. The normalized spacial score (nSPS) is 16.2. The number of para-hydroxylation sites is 1. The molecule has 1 aliphatic rings. The molecule has 0 bridgehead atoms. The minimum Gasteiger partial charge on any atom is -0.360 e. The molecule has 1 unspecified atom stereocenters. The zero-order chi connectivity index (χ0) is 21.5. The molecular formula is C20H15F3N4O3. The van der Waals surface area contributed by atoms with Crippen LogP contribution in [0.15, 0.2) is 66.9 Å². The zero-order valence-corrected chi connectivity index (χ0v) is 15.3. The lowest BCUT2D eigenvalue weighted by Crippen LogP contribution is -2.47. The Morgan fingerprint density at radius 2 is 1.73 bits per heavy atom. The fraction of sp³-hybridized carbons (Fsp3) is 0.150. The molecule has 0 saturated heterocycles. The first kappa shape index (κ1) is 19.5. The molecular weight excluding hydrogens is 401 g/mol. The third kappa shape index (κ3) is 3.59. The first-order valence-corrected chi connectivity index (χ1v) is 8.90. The van der Waals surface area contributed by atoms with Gasteiger partial charge in [-0.15, -0.1) is 0 Å². The molecule has 1 aromatic heterocycles. The van der Waals surface area contributed by atoms with Crippen LogP contribution in [0.1, 0.15) is 22.2 Å². The van der Waals surface area contributed by atoms with Gasteiger partial charge in [-0.1, -0.05) is 12.1 Å². The minimum absolute atomic E-state index is 0.106. The molecule has 0 aliphatic carbocycles. The maximum absolute atomic E-state index is 13.3. The molecule has 4 rings (SSSR count). The highest BCUT2D eigenvalue weighted by molar-refractivity contribution is 6.01. The summed E-state index contributed by atoms with van der Waals surface area (Å²) in [7, 11) is 0. The van der Waals surface area contributed by atoms with E-state index in [-0.39, 0.29) is 11.3 Å². The number of carbonyl (C=O) groups is 1. The largest absolute Gasteiger partial charge is 0.406 e. The Morgan fingerprint density at radius 1 is 1.03 bits per heavy atom. The number of nitro benzene ring substituents is 1. The van der Waals surface area contributed by atoms with Crippen molar-refractivity contribution in [2.45, 2.75) is 12.3 Å². The van der Waals surface area contributed by atoms with Crippen molar-refractivity contribution < 1.29 is 22.9 Å². The number of hydrogen-bond acceptors (Lipinski definition) is 4. The van der Waals surface area contributed by atoms with Crippen molar-refractivity contribution in [2.24, 2.45) is 0 Å². The number of anilines is 1. The lowest BCUT2D eigenvalue weighted by atomic mass is 10.1. The third-order valence-electron chi connectivity index (χ3n) is 4.77. The monoisotopic (exact) mass is 416 g/mol. The molecule has 1 amide bonds. The zero-order valence-electron chi connectivity index (χ0n) is 15.3. The molecule has 10 heteroatoms. The van der Waals surface area contributed by atoms with E-state index in [1.54, 1.807) is 41.1 Å². The molecule has 154 valence electrons. The van der Waals surface area contributed by atoms with E-state index in [4.69, 9.17) is 0 Å². The van der Waals surface area contributed by atoms with Gasteiger partial charge in [-0.2, -0.15) is 13.2 Å². The molecule has 2 aromatic carbocycles. The second-order valence-electron chi connectivity index (χ2n) is 6.72. The van der Waals surface area contributed by atoms with Crippen LogP contribution in [0.5, 0.6) is 0 Å². The number of aromatic nitrogens is 1. The number of halogens is 3. The highest BCUT2D eigenvalue weighted by Gasteiger charge is 2.41. The van der Waals surface area contributed by atoms with Crippen LogP contribution in [0, 0.1) is 10.1 Å². The van der Waals surface area contributed by atoms with E-state index in [1.165, 1.54) is 30.3 Å². The quantitative estimate of drug-likeness (QED) is 0.501. The summed E-state index contributed by atoms with van der Waals surface area (Å²) in [5.41, 5.74) is 1.39. The number of alkyl halides is 3.